The Labute approximate surface area is 276 Å². The zero-order valence-corrected chi connectivity index (χ0v) is 28.0. The topological polar surface area (TPSA) is 90.1 Å². The maximum atomic E-state index is 13.0. The molecular weight excluding hydrogens is 625 g/mol. The number of carboxylic acid groups (broad SMARTS) is 1. The van der Waals surface area contributed by atoms with Crippen molar-refractivity contribution in [2.24, 2.45) is 5.41 Å². The molecule has 0 unspecified atom stereocenters. The normalized spacial score (nSPS) is 12.4. The number of carboxylic acids is 1. The minimum Gasteiger partial charge on any atom is -0.486 e. The average Bonchev–Trinajstić information content (AvgIpc) is 3.26. The van der Waals surface area contributed by atoms with Crippen LogP contribution in [-0.4, -0.2) is 35.3 Å². The molecular formula is C36H37F3N4O3S. The number of fused-ring (bicyclic) bond motifs is 1. The van der Waals surface area contributed by atoms with Gasteiger partial charge in [-0.1, -0.05) is 57.2 Å². The van der Waals surface area contributed by atoms with Crippen molar-refractivity contribution < 1.29 is 27.8 Å². The largest absolute Gasteiger partial charge is 0.486 e. The second-order valence-electron chi connectivity index (χ2n) is 13.2. The molecule has 4 aromatic heterocycles. The minimum absolute atomic E-state index is 0.193. The SMILES string of the molecule is Cc1ccc(COc2cnc3c(c2)c(SC(C)(C)C)c(CC(C)(C)C(=O)O)n3Cc2ccc(-c3ccc(C(F)(F)F)nc3)cc2)nc1. The number of benzene rings is 1. The first-order valence-electron chi connectivity index (χ1n) is 15.1. The highest BCUT2D eigenvalue weighted by Crippen LogP contribution is 2.43. The molecule has 0 atom stereocenters. The summed E-state index contributed by atoms with van der Waals surface area (Å²) >= 11 is 1.66. The van der Waals surface area contributed by atoms with E-state index >= 15 is 0 Å². The summed E-state index contributed by atoms with van der Waals surface area (Å²) in [7, 11) is 0. The molecule has 5 rings (SSSR count). The number of aryl methyl sites for hydroxylation is 1. The molecule has 0 saturated carbocycles. The van der Waals surface area contributed by atoms with Crippen molar-refractivity contribution in [1.82, 2.24) is 19.5 Å². The molecule has 0 bridgehead atoms. The fourth-order valence-corrected chi connectivity index (χ4v) is 6.20. The van der Waals surface area contributed by atoms with Crippen molar-refractivity contribution in [2.75, 3.05) is 0 Å². The van der Waals surface area contributed by atoms with Gasteiger partial charge in [-0.15, -0.1) is 11.8 Å². The van der Waals surface area contributed by atoms with E-state index in [-0.39, 0.29) is 17.8 Å². The molecule has 7 nitrogen and oxygen atoms in total. The van der Waals surface area contributed by atoms with Crippen LogP contribution in [-0.2, 0) is 30.5 Å². The van der Waals surface area contributed by atoms with E-state index in [4.69, 9.17) is 9.72 Å². The van der Waals surface area contributed by atoms with Gasteiger partial charge in [-0.2, -0.15) is 13.2 Å². The number of aliphatic carboxylic acids is 1. The van der Waals surface area contributed by atoms with Gasteiger partial charge in [-0.05, 0) is 55.7 Å². The number of hydrogen-bond donors (Lipinski definition) is 1. The summed E-state index contributed by atoms with van der Waals surface area (Å²) in [6, 6.07) is 15.7. The van der Waals surface area contributed by atoms with E-state index < -0.39 is 23.3 Å². The molecule has 0 fully saturated rings. The van der Waals surface area contributed by atoms with Gasteiger partial charge >= 0.3 is 12.1 Å². The highest BCUT2D eigenvalue weighted by Gasteiger charge is 2.34. The fraction of sp³-hybridized carbons (Fsp3) is 0.333. The van der Waals surface area contributed by atoms with E-state index in [0.717, 1.165) is 44.4 Å². The predicted molar refractivity (Wildman–Crippen MR) is 178 cm³/mol. The lowest BCUT2D eigenvalue weighted by molar-refractivity contribution is -0.147. The van der Waals surface area contributed by atoms with Crippen LogP contribution in [0.3, 0.4) is 0 Å². The van der Waals surface area contributed by atoms with Gasteiger partial charge in [-0.3, -0.25) is 14.8 Å². The van der Waals surface area contributed by atoms with Crippen LogP contribution in [0.25, 0.3) is 22.2 Å². The predicted octanol–water partition coefficient (Wildman–Crippen LogP) is 8.99. The van der Waals surface area contributed by atoms with Gasteiger partial charge in [0.15, 0.2) is 0 Å². The Hall–Kier alpha value is -4.38. The molecule has 5 aromatic rings. The number of hydrogen-bond acceptors (Lipinski definition) is 6. The van der Waals surface area contributed by atoms with Crippen LogP contribution >= 0.6 is 11.8 Å². The van der Waals surface area contributed by atoms with Gasteiger partial charge in [-0.25, -0.2) is 4.98 Å². The number of thioether (sulfide) groups is 1. The first-order valence-corrected chi connectivity index (χ1v) is 15.9. The number of pyridine rings is 3. The van der Waals surface area contributed by atoms with Gasteiger partial charge < -0.3 is 14.4 Å². The second-order valence-corrected chi connectivity index (χ2v) is 15.1. The molecule has 0 aliphatic heterocycles. The molecule has 11 heteroatoms. The Kier molecular flexibility index (Phi) is 9.41. The van der Waals surface area contributed by atoms with E-state index in [1.807, 2.05) is 49.4 Å². The van der Waals surface area contributed by atoms with Crippen LogP contribution < -0.4 is 4.74 Å². The number of halogens is 3. The molecule has 4 heterocycles. The zero-order valence-electron chi connectivity index (χ0n) is 27.1. The minimum atomic E-state index is -4.50. The molecule has 0 radical (unpaired) electrons. The standard InChI is InChI=1S/C36H37F3N4O3S/c1-22-7-13-26(40-17-22)21-46-27-15-28-31(47-34(2,3)4)29(16-35(5,6)33(44)45)43(32(28)42-19-27)20-23-8-10-24(11-9-23)25-12-14-30(41-18-25)36(37,38)39/h7-15,17-19H,16,20-21H2,1-6H3,(H,44,45). The Balaban J connectivity index is 1.55. The third-order valence-electron chi connectivity index (χ3n) is 7.57. The fourth-order valence-electron chi connectivity index (χ4n) is 5.02. The first kappa shape index (κ1) is 34.0. The highest BCUT2D eigenvalue weighted by molar-refractivity contribution is 8.00. The summed E-state index contributed by atoms with van der Waals surface area (Å²) in [5.41, 5.74) is 3.62. The Morgan fingerprint density at radius 2 is 1.60 bits per heavy atom. The summed E-state index contributed by atoms with van der Waals surface area (Å²) in [6.45, 7) is 12.4. The first-order chi connectivity index (χ1) is 22.0. The van der Waals surface area contributed by atoms with Gasteiger partial charge in [0.2, 0.25) is 0 Å². The molecule has 47 heavy (non-hydrogen) atoms. The van der Waals surface area contributed by atoms with Crippen molar-refractivity contribution in [3.05, 3.63) is 101 Å². The monoisotopic (exact) mass is 662 g/mol. The number of rotatable bonds is 10. The van der Waals surface area contributed by atoms with E-state index in [1.54, 1.807) is 38.0 Å². The number of nitrogens with zero attached hydrogens (tertiary/aromatic N) is 4. The van der Waals surface area contributed by atoms with Crippen LogP contribution in [0.5, 0.6) is 5.75 Å². The lowest BCUT2D eigenvalue weighted by Gasteiger charge is -2.24. The van der Waals surface area contributed by atoms with E-state index in [0.29, 0.717) is 23.5 Å². The maximum absolute atomic E-state index is 13.0. The van der Waals surface area contributed by atoms with Crippen LogP contribution in [0.4, 0.5) is 13.2 Å². The van der Waals surface area contributed by atoms with Crippen LogP contribution in [0.2, 0.25) is 0 Å². The number of ether oxygens (including phenoxy) is 1. The Bertz CT molecular complexity index is 1880. The number of alkyl halides is 3. The third-order valence-corrected chi connectivity index (χ3v) is 8.84. The van der Waals surface area contributed by atoms with Crippen LogP contribution in [0.15, 0.2) is 78.1 Å². The highest BCUT2D eigenvalue weighted by atomic mass is 32.2. The van der Waals surface area contributed by atoms with Crippen molar-refractivity contribution in [3.8, 4) is 16.9 Å². The maximum Gasteiger partial charge on any atom is 0.433 e. The lowest BCUT2D eigenvalue weighted by atomic mass is 9.88. The second kappa shape index (κ2) is 13.0. The molecule has 0 aliphatic rings. The van der Waals surface area contributed by atoms with Gasteiger partial charge in [0.25, 0.3) is 0 Å². The van der Waals surface area contributed by atoms with Crippen LogP contribution in [0, 0.1) is 12.3 Å². The van der Waals surface area contributed by atoms with E-state index in [1.165, 1.54) is 12.3 Å². The van der Waals surface area contributed by atoms with Crippen LogP contribution in [0.1, 0.15) is 62.8 Å². The molecule has 0 spiro atoms. The number of carbonyl (C=O) groups is 1. The van der Waals surface area contributed by atoms with Gasteiger partial charge in [0.1, 0.15) is 23.7 Å². The van der Waals surface area contributed by atoms with Gasteiger partial charge in [0.05, 0.1) is 17.3 Å². The summed E-state index contributed by atoms with van der Waals surface area (Å²) in [4.78, 5) is 26.1. The average molecular weight is 663 g/mol. The van der Waals surface area contributed by atoms with Crippen molar-refractivity contribution in [3.63, 3.8) is 0 Å². The van der Waals surface area contributed by atoms with Crippen molar-refractivity contribution in [1.29, 1.82) is 0 Å². The summed E-state index contributed by atoms with van der Waals surface area (Å²) in [5, 5.41) is 11.0. The molecule has 0 amide bonds. The molecule has 1 N–H and O–H groups in total. The van der Waals surface area contributed by atoms with Crippen molar-refractivity contribution >= 4 is 28.8 Å². The zero-order chi connectivity index (χ0) is 34.1. The number of aromatic nitrogens is 4. The van der Waals surface area contributed by atoms with E-state index in [9.17, 15) is 23.1 Å². The third kappa shape index (κ3) is 8.13. The molecule has 246 valence electrons. The Morgan fingerprint density at radius 3 is 2.17 bits per heavy atom. The lowest BCUT2D eigenvalue weighted by Crippen LogP contribution is -2.28. The molecule has 1 aromatic carbocycles. The van der Waals surface area contributed by atoms with Crippen molar-refractivity contribution in [2.45, 2.75) is 76.9 Å². The van der Waals surface area contributed by atoms with E-state index in [2.05, 4.69) is 35.3 Å². The smallest absolute Gasteiger partial charge is 0.433 e. The molecule has 0 saturated heterocycles. The quantitative estimate of drug-likeness (QED) is 0.149. The summed E-state index contributed by atoms with van der Waals surface area (Å²) < 4.78 is 47.0. The molecule has 0 aliphatic carbocycles. The summed E-state index contributed by atoms with van der Waals surface area (Å²) in [5.74, 6) is -0.329. The summed E-state index contributed by atoms with van der Waals surface area (Å²) in [6.07, 6.45) is 0.444. The Morgan fingerprint density at radius 1 is 0.894 bits per heavy atom. The van der Waals surface area contributed by atoms with Gasteiger partial charge in [0, 0.05) is 51.6 Å².